The highest BCUT2D eigenvalue weighted by Crippen LogP contribution is 2.69. The lowest BCUT2D eigenvalue weighted by molar-refractivity contribution is -0.178. The van der Waals surface area contributed by atoms with Crippen LogP contribution in [0.15, 0.2) is 11.6 Å². The summed E-state index contributed by atoms with van der Waals surface area (Å²) < 4.78 is 0. The van der Waals surface area contributed by atoms with Crippen molar-refractivity contribution < 1.29 is 34.8 Å². The summed E-state index contributed by atoms with van der Waals surface area (Å²) in [6, 6.07) is 0. The van der Waals surface area contributed by atoms with Gasteiger partial charge in [0.15, 0.2) is 5.78 Å². The van der Waals surface area contributed by atoms with Gasteiger partial charge in [0, 0.05) is 12.8 Å². The lowest BCUT2D eigenvalue weighted by atomic mass is 9.43. The number of carbonyl (C=O) groups is 3. The zero-order chi connectivity index (χ0) is 22.1. The Bertz CT molecular complexity index is 818. The molecule has 4 rings (SSSR count). The van der Waals surface area contributed by atoms with Crippen LogP contribution in [0.25, 0.3) is 0 Å². The fraction of sp³-hybridized carbons (Fsp3) is 0.783. The number of fused-ring (bicyclic) bond motifs is 5. The molecule has 2 unspecified atom stereocenters. The summed E-state index contributed by atoms with van der Waals surface area (Å²) in [5.74, 6) is -3.51. The molecule has 0 heterocycles. The molecule has 7 nitrogen and oxygen atoms in total. The Morgan fingerprint density at radius 2 is 1.77 bits per heavy atom. The second-order valence-corrected chi connectivity index (χ2v) is 10.5. The lowest BCUT2D eigenvalue weighted by Crippen LogP contribution is -2.61. The van der Waals surface area contributed by atoms with Gasteiger partial charge in [-0.05, 0) is 78.8 Å². The number of aliphatic hydroxyl groups excluding tert-OH is 1. The molecule has 0 aromatic carbocycles. The molecule has 4 N–H and O–H groups in total. The van der Waals surface area contributed by atoms with E-state index in [1.54, 1.807) is 0 Å². The maximum absolute atomic E-state index is 12.3. The predicted octanol–water partition coefficient (Wildman–Crippen LogP) is 2.40. The van der Waals surface area contributed by atoms with Gasteiger partial charge in [0.25, 0.3) is 0 Å². The molecule has 166 valence electrons. The SMILES string of the molecule is C[C@]12CCC(=O)C=C1C(O)C(C(=O)O)[C@@H]1[C@@H]2CC[C@@]2(C)[C@H]1CC[C@]2(O)CCC(=O)O. The summed E-state index contributed by atoms with van der Waals surface area (Å²) in [6.07, 6.45) is 3.77. The highest BCUT2D eigenvalue weighted by molar-refractivity contribution is 5.92. The average molecular weight is 421 g/mol. The van der Waals surface area contributed by atoms with Crippen LogP contribution in [0.2, 0.25) is 0 Å². The van der Waals surface area contributed by atoms with Crippen LogP contribution in [-0.2, 0) is 14.4 Å². The maximum atomic E-state index is 12.3. The fourth-order valence-electron chi connectivity index (χ4n) is 7.74. The molecule has 0 aliphatic heterocycles. The molecule has 0 aromatic heterocycles. The zero-order valence-corrected chi connectivity index (χ0v) is 17.6. The van der Waals surface area contributed by atoms with Crippen LogP contribution in [0.4, 0.5) is 0 Å². The van der Waals surface area contributed by atoms with Gasteiger partial charge >= 0.3 is 11.9 Å². The molecule has 7 heteroatoms. The Morgan fingerprint density at radius 1 is 1.10 bits per heavy atom. The minimum atomic E-state index is -1.21. The second-order valence-electron chi connectivity index (χ2n) is 10.5. The van der Waals surface area contributed by atoms with Crippen LogP contribution in [0.3, 0.4) is 0 Å². The Labute approximate surface area is 176 Å². The highest BCUT2D eigenvalue weighted by Gasteiger charge is 2.67. The maximum Gasteiger partial charge on any atom is 0.309 e. The van der Waals surface area contributed by atoms with Crippen LogP contribution in [0.1, 0.15) is 65.2 Å². The first-order chi connectivity index (χ1) is 13.9. The van der Waals surface area contributed by atoms with Gasteiger partial charge in [-0.15, -0.1) is 0 Å². The van der Waals surface area contributed by atoms with Crippen molar-refractivity contribution in [3.8, 4) is 0 Å². The van der Waals surface area contributed by atoms with E-state index in [2.05, 4.69) is 6.92 Å². The Morgan fingerprint density at radius 3 is 2.40 bits per heavy atom. The number of carbonyl (C=O) groups excluding carboxylic acids is 1. The summed E-state index contributed by atoms with van der Waals surface area (Å²) in [4.78, 5) is 35.6. The lowest BCUT2D eigenvalue weighted by Gasteiger charge is -2.61. The zero-order valence-electron chi connectivity index (χ0n) is 17.6. The fourth-order valence-corrected chi connectivity index (χ4v) is 7.74. The normalized spacial score (nSPS) is 47.7. The molecular formula is C23H32O7. The van der Waals surface area contributed by atoms with Gasteiger partial charge in [-0.25, -0.2) is 0 Å². The van der Waals surface area contributed by atoms with Crippen molar-refractivity contribution in [2.24, 2.45) is 34.5 Å². The number of hydrogen-bond donors (Lipinski definition) is 4. The molecule has 4 aliphatic carbocycles. The van der Waals surface area contributed by atoms with Crippen LogP contribution in [0.5, 0.6) is 0 Å². The molecule has 8 atom stereocenters. The van der Waals surface area contributed by atoms with Crippen LogP contribution in [-0.4, -0.2) is 49.9 Å². The Hall–Kier alpha value is -1.73. The van der Waals surface area contributed by atoms with E-state index in [1.165, 1.54) is 6.08 Å². The van der Waals surface area contributed by atoms with E-state index < -0.39 is 40.4 Å². The minimum absolute atomic E-state index is 0.0150. The summed E-state index contributed by atoms with van der Waals surface area (Å²) in [7, 11) is 0. The number of aliphatic hydroxyl groups is 2. The molecular weight excluding hydrogens is 388 g/mol. The van der Waals surface area contributed by atoms with E-state index in [9.17, 15) is 29.7 Å². The summed E-state index contributed by atoms with van der Waals surface area (Å²) in [5.41, 5.74) is -1.59. The molecule has 0 radical (unpaired) electrons. The van der Waals surface area contributed by atoms with E-state index in [4.69, 9.17) is 5.11 Å². The van der Waals surface area contributed by atoms with Gasteiger partial charge in [0.2, 0.25) is 0 Å². The molecule has 0 aromatic rings. The largest absolute Gasteiger partial charge is 0.481 e. The topological polar surface area (TPSA) is 132 Å². The van der Waals surface area contributed by atoms with Gasteiger partial charge in [-0.1, -0.05) is 13.8 Å². The van der Waals surface area contributed by atoms with Crippen LogP contribution in [0, 0.1) is 34.5 Å². The number of rotatable bonds is 4. The standard InChI is InChI=1S/C23H32O7/c1-21-7-3-12(24)11-15(21)19(27)18(20(28)29)17-13(21)4-8-22(2)14(17)5-9-23(22,30)10-6-16(25)26/h11,13-14,17-19,27,30H,3-10H2,1-2H3,(H,25,26)(H,28,29)/t13-,14-,17+,18?,19?,21+,22-,23-/m0/s1. The van der Waals surface area contributed by atoms with E-state index >= 15 is 0 Å². The van der Waals surface area contributed by atoms with E-state index in [0.717, 1.165) is 0 Å². The third kappa shape index (κ3) is 2.81. The first kappa shape index (κ1) is 21.5. The minimum Gasteiger partial charge on any atom is -0.481 e. The molecule has 0 saturated heterocycles. The summed E-state index contributed by atoms with van der Waals surface area (Å²) >= 11 is 0. The van der Waals surface area contributed by atoms with Crippen molar-refractivity contribution >= 4 is 17.7 Å². The van der Waals surface area contributed by atoms with Crippen molar-refractivity contribution in [1.29, 1.82) is 0 Å². The molecule has 4 aliphatic rings. The number of carboxylic acids is 2. The monoisotopic (exact) mass is 420 g/mol. The molecule has 3 saturated carbocycles. The second kappa shape index (κ2) is 6.89. The molecule has 30 heavy (non-hydrogen) atoms. The van der Waals surface area contributed by atoms with Crippen molar-refractivity contribution in [2.45, 2.75) is 76.9 Å². The average Bonchev–Trinajstić information content (AvgIpc) is 2.93. The van der Waals surface area contributed by atoms with Crippen molar-refractivity contribution in [3.05, 3.63) is 11.6 Å². The first-order valence-corrected chi connectivity index (χ1v) is 11.0. The highest BCUT2D eigenvalue weighted by atomic mass is 16.4. The van der Waals surface area contributed by atoms with E-state index in [1.807, 2.05) is 6.92 Å². The summed E-state index contributed by atoms with van der Waals surface area (Å²) in [6.45, 7) is 4.03. The van der Waals surface area contributed by atoms with Gasteiger partial charge in [-0.2, -0.15) is 0 Å². The smallest absolute Gasteiger partial charge is 0.309 e. The van der Waals surface area contributed by atoms with Gasteiger partial charge in [0.05, 0.1) is 17.6 Å². The molecule has 3 fully saturated rings. The van der Waals surface area contributed by atoms with Crippen LogP contribution < -0.4 is 0 Å². The van der Waals surface area contributed by atoms with Gasteiger partial charge in [-0.3, -0.25) is 14.4 Å². The number of ketones is 1. The third-order valence-corrected chi connectivity index (χ3v) is 9.45. The van der Waals surface area contributed by atoms with E-state index in [-0.39, 0.29) is 36.4 Å². The number of carboxylic acid groups (broad SMARTS) is 2. The Balaban J connectivity index is 1.76. The predicted molar refractivity (Wildman–Crippen MR) is 106 cm³/mol. The van der Waals surface area contributed by atoms with Crippen molar-refractivity contribution in [2.75, 3.05) is 0 Å². The number of hydrogen-bond acceptors (Lipinski definition) is 5. The van der Waals surface area contributed by atoms with Crippen molar-refractivity contribution in [3.63, 3.8) is 0 Å². The quantitative estimate of drug-likeness (QED) is 0.549. The number of aliphatic carboxylic acids is 2. The van der Waals surface area contributed by atoms with Gasteiger partial charge < -0.3 is 20.4 Å². The molecule has 0 amide bonds. The van der Waals surface area contributed by atoms with Gasteiger partial charge in [0.1, 0.15) is 0 Å². The van der Waals surface area contributed by atoms with Crippen molar-refractivity contribution in [1.82, 2.24) is 0 Å². The molecule has 0 spiro atoms. The summed E-state index contributed by atoms with van der Waals surface area (Å²) in [5, 5.41) is 41.8. The Kier molecular flexibility index (Phi) is 4.94. The first-order valence-electron chi connectivity index (χ1n) is 11.0. The molecule has 0 bridgehead atoms. The third-order valence-electron chi connectivity index (χ3n) is 9.45. The van der Waals surface area contributed by atoms with E-state index in [0.29, 0.717) is 44.1 Å². The van der Waals surface area contributed by atoms with Crippen LogP contribution >= 0.6 is 0 Å².